The van der Waals surface area contributed by atoms with Gasteiger partial charge < -0.3 is 9.80 Å². The lowest BCUT2D eigenvalue weighted by molar-refractivity contribution is -0.137. The van der Waals surface area contributed by atoms with Gasteiger partial charge in [0.15, 0.2) is 0 Å². The molecule has 8 heteroatoms. The highest BCUT2D eigenvalue weighted by Crippen LogP contribution is 2.40. The molecule has 0 N–H and O–H groups in total. The maximum atomic E-state index is 14.0. The molecule has 1 heterocycles. The maximum absolute atomic E-state index is 14.0. The number of alkyl halides is 3. The molecule has 0 spiro atoms. The first-order valence-corrected chi connectivity index (χ1v) is 13.0. The Morgan fingerprint density at radius 3 is 2.47 bits per heavy atom. The van der Waals surface area contributed by atoms with Gasteiger partial charge in [-0.1, -0.05) is 48.0 Å². The number of carbonyl (C=O) groups is 1. The number of nitrogens with zero attached hydrogens (tertiary/aromatic N) is 3. The van der Waals surface area contributed by atoms with E-state index < -0.39 is 11.7 Å². The van der Waals surface area contributed by atoms with Crippen LogP contribution in [0.4, 0.5) is 24.5 Å². The first kappa shape index (κ1) is 27.7. The number of benzene rings is 3. The molecule has 4 nitrogen and oxygen atoms in total. The molecular weight excluding hydrogens is 511 g/mol. The standard InChI is InChI=1S/C30H31ClF3N3O/c1-20(14-17-38)35-21(2)36(3)25-10-11-28(27(31)19-25)37-15-12-22(13-16-37)18-24-9-8-23-6-4-5-7-26(23)29(24)30(32,33)34/h4-11,14,17,19,22H,12-13,15-16,18H2,1-3H3/b20-14-,35-21-. The Morgan fingerprint density at radius 1 is 1.11 bits per heavy atom. The zero-order chi connectivity index (χ0) is 27.4. The van der Waals surface area contributed by atoms with Gasteiger partial charge in [0, 0.05) is 31.5 Å². The topological polar surface area (TPSA) is 35.9 Å². The van der Waals surface area contributed by atoms with E-state index >= 15 is 0 Å². The van der Waals surface area contributed by atoms with E-state index in [-0.39, 0.29) is 11.3 Å². The molecule has 1 aliphatic heterocycles. The number of anilines is 2. The van der Waals surface area contributed by atoms with Crippen LogP contribution < -0.4 is 9.80 Å². The van der Waals surface area contributed by atoms with E-state index in [1.54, 1.807) is 43.3 Å². The van der Waals surface area contributed by atoms with Gasteiger partial charge in [-0.3, -0.25) is 4.79 Å². The first-order valence-electron chi connectivity index (χ1n) is 12.6. The van der Waals surface area contributed by atoms with Gasteiger partial charge in [0.25, 0.3) is 0 Å². The van der Waals surface area contributed by atoms with Crippen molar-refractivity contribution in [3.63, 3.8) is 0 Å². The highest BCUT2D eigenvalue weighted by atomic mass is 35.5. The third kappa shape index (κ3) is 6.21. The fraction of sp³-hybridized carbons (Fsp3) is 0.333. The second-order valence-electron chi connectivity index (χ2n) is 9.75. The van der Waals surface area contributed by atoms with Crippen molar-refractivity contribution in [1.29, 1.82) is 0 Å². The molecule has 38 heavy (non-hydrogen) atoms. The van der Waals surface area contributed by atoms with Gasteiger partial charge in [0.1, 0.15) is 12.1 Å². The van der Waals surface area contributed by atoms with Crippen LogP contribution in [0, 0.1) is 5.92 Å². The van der Waals surface area contributed by atoms with E-state index in [0.29, 0.717) is 34.4 Å². The van der Waals surface area contributed by atoms with Crippen molar-refractivity contribution in [2.75, 3.05) is 29.9 Å². The van der Waals surface area contributed by atoms with Gasteiger partial charge in [0.05, 0.1) is 16.3 Å². The predicted octanol–water partition coefficient (Wildman–Crippen LogP) is 7.93. The Labute approximate surface area is 226 Å². The Balaban J connectivity index is 1.45. The predicted molar refractivity (Wildman–Crippen MR) is 150 cm³/mol. The summed E-state index contributed by atoms with van der Waals surface area (Å²) < 4.78 is 42.1. The molecule has 0 amide bonds. The lowest BCUT2D eigenvalue weighted by Gasteiger charge is -2.35. The summed E-state index contributed by atoms with van der Waals surface area (Å²) in [7, 11) is 1.88. The smallest absolute Gasteiger partial charge is 0.370 e. The number of allylic oxidation sites excluding steroid dienone is 2. The lowest BCUT2D eigenvalue weighted by atomic mass is 9.86. The van der Waals surface area contributed by atoms with E-state index in [2.05, 4.69) is 9.89 Å². The minimum absolute atomic E-state index is 0.166. The molecule has 3 aromatic rings. The average molecular weight is 542 g/mol. The van der Waals surface area contributed by atoms with Crippen LogP contribution in [0.15, 0.2) is 71.4 Å². The summed E-state index contributed by atoms with van der Waals surface area (Å²) in [6.45, 7) is 5.07. The number of aliphatic imine (C=N–C) groups is 1. The van der Waals surface area contributed by atoms with Crippen molar-refractivity contribution in [2.24, 2.45) is 10.9 Å². The van der Waals surface area contributed by atoms with E-state index in [1.165, 1.54) is 6.08 Å². The number of carbonyl (C=O) groups excluding carboxylic acids is 1. The van der Waals surface area contributed by atoms with Crippen LogP contribution >= 0.6 is 11.6 Å². The van der Waals surface area contributed by atoms with Gasteiger partial charge in [-0.15, -0.1) is 0 Å². The van der Waals surface area contributed by atoms with Crippen LogP contribution in [-0.4, -0.2) is 32.3 Å². The van der Waals surface area contributed by atoms with E-state index in [1.807, 2.05) is 37.1 Å². The number of halogens is 4. The van der Waals surface area contributed by atoms with E-state index in [0.717, 1.165) is 43.1 Å². The van der Waals surface area contributed by atoms with Crippen molar-refractivity contribution in [3.8, 4) is 0 Å². The highest BCUT2D eigenvalue weighted by Gasteiger charge is 2.36. The number of fused-ring (bicyclic) bond motifs is 1. The summed E-state index contributed by atoms with van der Waals surface area (Å²) >= 11 is 6.67. The molecular formula is C30H31ClF3N3O. The zero-order valence-corrected chi connectivity index (χ0v) is 22.5. The van der Waals surface area contributed by atoms with Gasteiger partial charge in [0.2, 0.25) is 0 Å². The number of amidine groups is 1. The van der Waals surface area contributed by atoms with Gasteiger partial charge in [-0.25, -0.2) is 4.99 Å². The second kappa shape index (κ2) is 11.6. The van der Waals surface area contributed by atoms with Gasteiger partial charge in [-0.05, 0) is 79.6 Å². The quantitative estimate of drug-likeness (QED) is 0.138. The Hall–Kier alpha value is -3.32. The van der Waals surface area contributed by atoms with E-state index in [4.69, 9.17) is 11.6 Å². The Morgan fingerprint density at radius 2 is 1.82 bits per heavy atom. The molecule has 0 saturated carbocycles. The maximum Gasteiger partial charge on any atom is 0.417 e. The highest BCUT2D eigenvalue weighted by molar-refractivity contribution is 6.33. The molecule has 1 fully saturated rings. The Kier molecular flexibility index (Phi) is 8.46. The van der Waals surface area contributed by atoms with Crippen LogP contribution in [0.2, 0.25) is 5.02 Å². The van der Waals surface area contributed by atoms with E-state index in [9.17, 15) is 18.0 Å². The summed E-state index contributed by atoms with van der Waals surface area (Å²) in [6, 6.07) is 16.0. The minimum Gasteiger partial charge on any atom is -0.370 e. The SMILES string of the molecule is CC(=C/C=O)/N=C(/C)N(C)c1ccc(N2CCC(Cc3ccc4ccccc4c3C(F)(F)F)CC2)c(Cl)c1. The number of hydrogen-bond acceptors (Lipinski definition) is 3. The van der Waals surface area contributed by atoms with Crippen molar-refractivity contribution in [3.05, 3.63) is 82.5 Å². The number of rotatable bonds is 6. The number of hydrogen-bond donors (Lipinski definition) is 0. The molecule has 0 aromatic heterocycles. The number of aldehydes is 1. The van der Waals surface area contributed by atoms with Gasteiger partial charge in [-0.2, -0.15) is 13.2 Å². The second-order valence-corrected chi connectivity index (χ2v) is 10.2. The molecule has 0 bridgehead atoms. The third-order valence-electron chi connectivity index (χ3n) is 7.21. The summed E-state index contributed by atoms with van der Waals surface area (Å²) in [4.78, 5) is 19.2. The summed E-state index contributed by atoms with van der Waals surface area (Å²) in [5.74, 6) is 0.886. The van der Waals surface area contributed by atoms with Crippen LogP contribution in [0.3, 0.4) is 0 Å². The first-order chi connectivity index (χ1) is 18.1. The summed E-state index contributed by atoms with van der Waals surface area (Å²) in [6.07, 6.45) is -0.307. The summed E-state index contributed by atoms with van der Waals surface area (Å²) in [5, 5.41) is 1.48. The van der Waals surface area contributed by atoms with Crippen molar-refractivity contribution < 1.29 is 18.0 Å². The summed E-state index contributed by atoms with van der Waals surface area (Å²) in [5.41, 5.74) is 2.26. The van der Waals surface area contributed by atoms with Crippen LogP contribution in [-0.2, 0) is 17.4 Å². The Bertz CT molecular complexity index is 1370. The monoisotopic (exact) mass is 541 g/mol. The van der Waals surface area contributed by atoms with Gasteiger partial charge >= 0.3 is 6.18 Å². The fourth-order valence-corrected chi connectivity index (χ4v) is 5.42. The molecule has 3 aromatic carbocycles. The molecule has 0 unspecified atom stereocenters. The molecule has 4 rings (SSSR count). The van der Waals surface area contributed by atoms with Crippen LogP contribution in [0.5, 0.6) is 0 Å². The molecule has 1 saturated heterocycles. The molecule has 1 aliphatic rings. The zero-order valence-electron chi connectivity index (χ0n) is 21.7. The largest absolute Gasteiger partial charge is 0.417 e. The molecule has 0 aliphatic carbocycles. The average Bonchev–Trinajstić information content (AvgIpc) is 2.88. The lowest BCUT2D eigenvalue weighted by Crippen LogP contribution is -2.34. The van der Waals surface area contributed by atoms with Crippen molar-refractivity contribution in [1.82, 2.24) is 0 Å². The fourth-order valence-electron chi connectivity index (χ4n) is 5.12. The normalized spacial score (nSPS) is 15.7. The third-order valence-corrected chi connectivity index (χ3v) is 7.52. The van der Waals surface area contributed by atoms with Crippen LogP contribution in [0.1, 0.15) is 37.8 Å². The number of piperidine rings is 1. The molecule has 200 valence electrons. The van der Waals surface area contributed by atoms with Crippen molar-refractivity contribution >= 4 is 45.9 Å². The molecule has 0 radical (unpaired) electrons. The minimum atomic E-state index is -4.40. The van der Waals surface area contributed by atoms with Crippen molar-refractivity contribution in [2.45, 2.75) is 39.3 Å². The van der Waals surface area contributed by atoms with Crippen LogP contribution in [0.25, 0.3) is 10.8 Å². The molecule has 0 atom stereocenters.